The van der Waals surface area contributed by atoms with E-state index in [4.69, 9.17) is 9.57 Å². The number of thioether (sulfide) groups is 1. The van der Waals surface area contributed by atoms with E-state index in [2.05, 4.69) is 21.3 Å². The molecule has 0 radical (unpaired) electrons. The number of amides is 6. The highest BCUT2D eigenvalue weighted by atomic mass is 32.2. The standard InChI is InChI=1S/C43H51N5O9S/c49-36(16-5-2-8-24-44-37(50)17-7-6-15-35-40-34(28-58-35)46-42(54)47-40)45-25-10-26-56-33-14-9-13-32(27-33)43(55,30-11-3-1-4-12-30)31-20-18-29(19-21-31)41(53)57-48-38(51)22-23-39(48)52/h1,3-4,9,11-14,18-21,27,34-35,40,55H,2,5-8,10,15-17,22-26,28H2,(H,44,50)(H,45,49)(H2,46,47,54). The molecule has 3 aromatic carbocycles. The van der Waals surface area contributed by atoms with Crippen LogP contribution in [0.4, 0.5) is 4.79 Å². The van der Waals surface area contributed by atoms with Crippen LogP contribution in [0.15, 0.2) is 78.9 Å². The highest BCUT2D eigenvalue weighted by molar-refractivity contribution is 8.00. The van der Waals surface area contributed by atoms with E-state index < -0.39 is 23.4 Å². The molecule has 0 spiro atoms. The number of urea groups is 1. The minimum Gasteiger partial charge on any atom is -0.494 e. The third-order valence-electron chi connectivity index (χ3n) is 10.6. The largest absolute Gasteiger partial charge is 0.494 e. The molecule has 3 aromatic rings. The number of nitrogens with zero attached hydrogens (tertiary/aromatic N) is 1. The number of carbonyl (C=O) groups excluding carboxylic acids is 6. The Morgan fingerprint density at radius 3 is 2.14 bits per heavy atom. The number of fused-ring (bicyclic) bond motifs is 1. The van der Waals surface area contributed by atoms with E-state index in [1.165, 1.54) is 12.1 Å². The summed E-state index contributed by atoms with van der Waals surface area (Å²) in [5.41, 5.74) is 0.0560. The average molecular weight is 814 g/mol. The zero-order chi connectivity index (χ0) is 40.9. The molecule has 4 atom stereocenters. The molecule has 3 aliphatic rings. The van der Waals surface area contributed by atoms with Crippen LogP contribution >= 0.6 is 11.8 Å². The van der Waals surface area contributed by atoms with Crippen molar-refractivity contribution in [2.24, 2.45) is 0 Å². The van der Waals surface area contributed by atoms with Crippen LogP contribution in [0.25, 0.3) is 0 Å². The summed E-state index contributed by atoms with van der Waals surface area (Å²) in [6, 6.07) is 22.7. The van der Waals surface area contributed by atoms with Crippen molar-refractivity contribution in [2.45, 2.75) is 93.6 Å². The van der Waals surface area contributed by atoms with E-state index in [1.807, 2.05) is 30.0 Å². The molecule has 0 bridgehead atoms. The van der Waals surface area contributed by atoms with Gasteiger partial charge in [-0.25, -0.2) is 9.59 Å². The molecule has 6 rings (SSSR count). The summed E-state index contributed by atoms with van der Waals surface area (Å²) >= 11 is 1.89. The van der Waals surface area contributed by atoms with Gasteiger partial charge in [0.2, 0.25) is 11.8 Å². The maximum absolute atomic E-state index is 12.7. The van der Waals surface area contributed by atoms with E-state index in [-0.39, 0.29) is 48.3 Å². The fourth-order valence-electron chi connectivity index (χ4n) is 7.39. The first kappa shape index (κ1) is 42.2. The van der Waals surface area contributed by atoms with Crippen molar-refractivity contribution in [2.75, 3.05) is 25.4 Å². The lowest BCUT2D eigenvalue weighted by Gasteiger charge is -2.30. The first-order valence-electron chi connectivity index (χ1n) is 20.0. The highest BCUT2D eigenvalue weighted by Crippen LogP contribution is 2.38. The normalized spacial score (nSPS) is 19.5. The quantitative estimate of drug-likeness (QED) is 0.0444. The zero-order valence-corrected chi connectivity index (χ0v) is 33.2. The minimum atomic E-state index is -1.63. The van der Waals surface area contributed by atoms with Crippen LogP contribution in [0.3, 0.4) is 0 Å². The number of nitrogens with one attached hydrogen (secondary N) is 4. The Balaban J connectivity index is 0.871. The van der Waals surface area contributed by atoms with Gasteiger partial charge in [0.05, 0.1) is 24.3 Å². The number of unbranched alkanes of at least 4 members (excludes halogenated alkanes) is 3. The van der Waals surface area contributed by atoms with Gasteiger partial charge in [-0.1, -0.05) is 67.4 Å². The van der Waals surface area contributed by atoms with Gasteiger partial charge in [-0.2, -0.15) is 11.8 Å². The monoisotopic (exact) mass is 813 g/mol. The predicted octanol–water partition coefficient (Wildman–Crippen LogP) is 4.48. The molecule has 3 heterocycles. The molecule has 6 amide bonds. The molecule has 0 saturated carbocycles. The molecule has 14 nitrogen and oxygen atoms in total. The number of benzene rings is 3. The number of hydrogen-bond donors (Lipinski definition) is 5. The Kier molecular flexibility index (Phi) is 14.8. The van der Waals surface area contributed by atoms with Crippen molar-refractivity contribution in [3.8, 4) is 5.75 Å². The Labute approximate surface area is 342 Å². The highest BCUT2D eigenvalue weighted by Gasteiger charge is 2.42. The summed E-state index contributed by atoms with van der Waals surface area (Å²) in [6.45, 7) is 1.38. The minimum absolute atomic E-state index is 0.00721. The number of hydroxylamine groups is 2. The fourth-order valence-corrected chi connectivity index (χ4v) is 8.93. The molecule has 3 aliphatic heterocycles. The summed E-state index contributed by atoms with van der Waals surface area (Å²) < 4.78 is 6.01. The summed E-state index contributed by atoms with van der Waals surface area (Å²) in [5, 5.41) is 25.1. The summed E-state index contributed by atoms with van der Waals surface area (Å²) in [6.07, 6.45) is 6.61. The Hall–Kier alpha value is -5.41. The maximum Gasteiger partial charge on any atom is 0.363 e. The Morgan fingerprint density at radius 1 is 0.759 bits per heavy atom. The second-order valence-electron chi connectivity index (χ2n) is 14.7. The third kappa shape index (κ3) is 11.0. The summed E-state index contributed by atoms with van der Waals surface area (Å²) in [7, 11) is 0. The molecule has 308 valence electrons. The molecule has 0 aliphatic carbocycles. The van der Waals surface area contributed by atoms with Crippen LogP contribution in [0, 0.1) is 0 Å². The molecule has 5 N–H and O–H groups in total. The number of ether oxygens (including phenoxy) is 1. The second-order valence-corrected chi connectivity index (χ2v) is 16.0. The molecule has 58 heavy (non-hydrogen) atoms. The van der Waals surface area contributed by atoms with Crippen LogP contribution in [-0.4, -0.2) is 88.6 Å². The molecule has 15 heteroatoms. The first-order valence-corrected chi connectivity index (χ1v) is 21.1. The summed E-state index contributed by atoms with van der Waals surface area (Å²) in [4.78, 5) is 77.7. The smallest absolute Gasteiger partial charge is 0.363 e. The number of rotatable bonds is 21. The fraction of sp³-hybridized carbons (Fsp3) is 0.442. The van der Waals surface area contributed by atoms with Gasteiger partial charge >= 0.3 is 12.0 Å². The van der Waals surface area contributed by atoms with E-state index in [0.29, 0.717) is 71.7 Å². The van der Waals surface area contributed by atoms with Gasteiger partial charge in [-0.15, -0.1) is 5.06 Å². The molecular weight excluding hydrogens is 763 g/mol. The average Bonchev–Trinajstić information content (AvgIpc) is 3.90. The van der Waals surface area contributed by atoms with Crippen molar-refractivity contribution in [3.05, 3.63) is 101 Å². The van der Waals surface area contributed by atoms with Crippen LogP contribution in [0.5, 0.6) is 5.75 Å². The lowest BCUT2D eigenvalue weighted by molar-refractivity contribution is -0.172. The van der Waals surface area contributed by atoms with Gasteiger partial charge in [-0.3, -0.25) is 19.2 Å². The second kappa shape index (κ2) is 20.3. The van der Waals surface area contributed by atoms with Crippen LogP contribution in [0.2, 0.25) is 0 Å². The van der Waals surface area contributed by atoms with Gasteiger partial charge in [0.25, 0.3) is 11.8 Å². The van der Waals surface area contributed by atoms with Crippen molar-refractivity contribution in [1.82, 2.24) is 26.3 Å². The van der Waals surface area contributed by atoms with Crippen molar-refractivity contribution in [1.29, 1.82) is 0 Å². The van der Waals surface area contributed by atoms with E-state index in [1.54, 1.807) is 48.5 Å². The van der Waals surface area contributed by atoms with Gasteiger partial charge in [0.15, 0.2) is 0 Å². The lowest BCUT2D eigenvalue weighted by atomic mass is 9.80. The molecular formula is C43H51N5O9S. The van der Waals surface area contributed by atoms with Gasteiger partial charge < -0.3 is 35.9 Å². The Bertz CT molecular complexity index is 1910. The molecule has 4 unspecified atom stereocenters. The molecule has 3 fully saturated rings. The van der Waals surface area contributed by atoms with E-state index >= 15 is 0 Å². The first-order chi connectivity index (χ1) is 28.1. The van der Waals surface area contributed by atoms with Crippen LogP contribution in [0.1, 0.15) is 97.7 Å². The number of hydrogen-bond acceptors (Lipinski definition) is 10. The number of aliphatic hydroxyl groups is 1. The van der Waals surface area contributed by atoms with Gasteiger partial charge in [0, 0.05) is 49.8 Å². The van der Waals surface area contributed by atoms with Crippen molar-refractivity contribution >= 4 is 47.4 Å². The molecule has 3 saturated heterocycles. The Morgan fingerprint density at radius 2 is 1.41 bits per heavy atom. The molecule has 0 aromatic heterocycles. The number of carbonyl (C=O) groups is 6. The van der Waals surface area contributed by atoms with Crippen molar-refractivity contribution in [3.63, 3.8) is 0 Å². The topological polar surface area (TPSA) is 192 Å². The van der Waals surface area contributed by atoms with E-state index in [9.17, 15) is 33.9 Å². The maximum atomic E-state index is 12.7. The van der Waals surface area contributed by atoms with Crippen LogP contribution in [-0.2, 0) is 29.6 Å². The van der Waals surface area contributed by atoms with Gasteiger partial charge in [-0.05, 0) is 73.1 Å². The SMILES string of the molecule is O=C(CCCCC1SCC2NC(=O)NC21)NCCCCCC(=O)NCCCOc1cccc(C(O)(c2ccccc2)c2ccc(C(=O)ON3C(=O)CCC3=O)cc2)c1. The van der Waals surface area contributed by atoms with E-state index in [0.717, 1.165) is 44.3 Å². The predicted molar refractivity (Wildman–Crippen MR) is 216 cm³/mol. The van der Waals surface area contributed by atoms with Crippen LogP contribution < -0.4 is 26.0 Å². The zero-order valence-electron chi connectivity index (χ0n) is 32.4. The summed E-state index contributed by atoms with van der Waals surface area (Å²) in [5.74, 6) is -0.510. The number of imide groups is 1. The lowest BCUT2D eigenvalue weighted by Crippen LogP contribution is -2.36. The third-order valence-corrected chi connectivity index (χ3v) is 12.1. The van der Waals surface area contributed by atoms with Crippen molar-refractivity contribution < 1.29 is 43.4 Å². The van der Waals surface area contributed by atoms with Gasteiger partial charge in [0.1, 0.15) is 11.4 Å².